The molecule has 0 aliphatic carbocycles. The molecule has 2 aliphatic rings. The van der Waals surface area contributed by atoms with Crippen molar-refractivity contribution >= 4 is 5.91 Å². The summed E-state index contributed by atoms with van der Waals surface area (Å²) in [4.78, 5) is 15.0. The highest BCUT2D eigenvalue weighted by Crippen LogP contribution is 2.41. The molecule has 0 radical (unpaired) electrons. The number of carbonyl (C=O) groups excluding carboxylic acids is 1. The molecule has 2 atom stereocenters. The molecular weight excluding hydrogens is 268 g/mol. The van der Waals surface area contributed by atoms with Gasteiger partial charge in [0, 0.05) is 25.7 Å². The lowest BCUT2D eigenvalue weighted by Crippen LogP contribution is -2.57. The Labute approximate surface area is 125 Å². The topological polar surface area (TPSA) is 54.7 Å². The molecule has 3 heterocycles. The van der Waals surface area contributed by atoms with Crippen molar-refractivity contribution in [1.82, 2.24) is 10.2 Å². The van der Waals surface area contributed by atoms with Gasteiger partial charge in [-0.3, -0.25) is 9.69 Å². The zero-order chi connectivity index (χ0) is 14.9. The number of piperidine rings is 1. The van der Waals surface area contributed by atoms with Gasteiger partial charge in [0.2, 0.25) is 5.91 Å². The van der Waals surface area contributed by atoms with Crippen molar-refractivity contribution < 1.29 is 13.9 Å². The molecule has 2 aliphatic heterocycles. The van der Waals surface area contributed by atoms with E-state index in [1.165, 1.54) is 0 Å². The molecule has 5 heteroatoms. The van der Waals surface area contributed by atoms with Gasteiger partial charge in [0.25, 0.3) is 0 Å². The van der Waals surface area contributed by atoms with Crippen LogP contribution in [0.15, 0.2) is 22.8 Å². The van der Waals surface area contributed by atoms with E-state index in [2.05, 4.69) is 10.2 Å². The van der Waals surface area contributed by atoms with Crippen molar-refractivity contribution in [3.63, 3.8) is 0 Å². The van der Waals surface area contributed by atoms with Gasteiger partial charge >= 0.3 is 0 Å². The van der Waals surface area contributed by atoms with Crippen LogP contribution in [0.2, 0.25) is 0 Å². The third-order valence-electron chi connectivity index (χ3n) is 4.53. The molecule has 0 spiro atoms. The van der Waals surface area contributed by atoms with Crippen molar-refractivity contribution in [2.75, 3.05) is 19.7 Å². The first-order valence-corrected chi connectivity index (χ1v) is 7.77. The van der Waals surface area contributed by atoms with E-state index < -0.39 is 5.41 Å². The van der Waals surface area contributed by atoms with Crippen LogP contribution in [0.4, 0.5) is 0 Å². The van der Waals surface area contributed by atoms with Gasteiger partial charge in [0.05, 0.1) is 24.3 Å². The molecule has 0 aromatic carbocycles. The molecule has 21 heavy (non-hydrogen) atoms. The van der Waals surface area contributed by atoms with Crippen molar-refractivity contribution in [3.8, 4) is 0 Å². The summed E-state index contributed by atoms with van der Waals surface area (Å²) in [5, 5.41) is 3.09. The van der Waals surface area contributed by atoms with E-state index in [1.807, 2.05) is 26.0 Å². The summed E-state index contributed by atoms with van der Waals surface area (Å²) in [6.07, 6.45) is 3.48. The van der Waals surface area contributed by atoms with Crippen molar-refractivity contribution in [2.45, 2.75) is 45.4 Å². The molecule has 1 N–H and O–H groups in total. The molecule has 3 rings (SSSR count). The maximum Gasteiger partial charge on any atom is 0.230 e. The summed E-state index contributed by atoms with van der Waals surface area (Å²) in [6.45, 7) is 7.14. The summed E-state index contributed by atoms with van der Waals surface area (Å²) < 4.78 is 11.3. The van der Waals surface area contributed by atoms with E-state index in [4.69, 9.17) is 9.15 Å². The third-order valence-corrected chi connectivity index (χ3v) is 4.53. The van der Waals surface area contributed by atoms with Crippen molar-refractivity contribution in [1.29, 1.82) is 0 Å². The van der Waals surface area contributed by atoms with Crippen LogP contribution in [0.25, 0.3) is 0 Å². The van der Waals surface area contributed by atoms with Gasteiger partial charge in [-0.2, -0.15) is 0 Å². The normalized spacial score (nSPS) is 29.6. The third kappa shape index (κ3) is 2.85. The standard InChI is InChI=1S/C16H24N2O3/c1-12(2)17-15(19)16-6-9-21-14(16)5-7-18(11-16)10-13-4-3-8-20-13/h3-4,8,12,14H,5-7,9-11H2,1-2H3,(H,17,19)/t14-,16-/m1/s1. The first-order chi connectivity index (χ1) is 10.1. The van der Waals surface area contributed by atoms with E-state index in [0.717, 1.165) is 38.2 Å². The van der Waals surface area contributed by atoms with Crippen LogP contribution in [0.1, 0.15) is 32.4 Å². The van der Waals surface area contributed by atoms with E-state index >= 15 is 0 Å². The second kappa shape index (κ2) is 5.81. The zero-order valence-corrected chi connectivity index (χ0v) is 12.8. The summed E-state index contributed by atoms with van der Waals surface area (Å²) in [5.41, 5.74) is -0.394. The monoisotopic (exact) mass is 292 g/mol. The minimum atomic E-state index is -0.394. The van der Waals surface area contributed by atoms with Crippen LogP contribution in [-0.2, 0) is 16.1 Å². The van der Waals surface area contributed by atoms with Gasteiger partial charge in [0.15, 0.2) is 0 Å². The van der Waals surface area contributed by atoms with Crippen LogP contribution >= 0.6 is 0 Å². The Balaban J connectivity index is 1.74. The lowest BCUT2D eigenvalue weighted by Gasteiger charge is -2.42. The van der Waals surface area contributed by atoms with E-state index in [0.29, 0.717) is 6.61 Å². The number of carbonyl (C=O) groups is 1. The Morgan fingerprint density at radius 2 is 2.43 bits per heavy atom. The fourth-order valence-corrected chi connectivity index (χ4v) is 3.52. The molecule has 0 bridgehead atoms. The molecule has 0 saturated carbocycles. The number of rotatable bonds is 4. The minimum absolute atomic E-state index is 0.0594. The smallest absolute Gasteiger partial charge is 0.230 e. The predicted molar refractivity (Wildman–Crippen MR) is 78.7 cm³/mol. The molecule has 2 saturated heterocycles. The van der Waals surface area contributed by atoms with Crippen LogP contribution in [0, 0.1) is 5.41 Å². The fraction of sp³-hybridized carbons (Fsp3) is 0.688. The second-order valence-electron chi connectivity index (χ2n) is 6.47. The lowest BCUT2D eigenvalue weighted by atomic mass is 9.75. The minimum Gasteiger partial charge on any atom is -0.468 e. The molecule has 116 valence electrons. The van der Waals surface area contributed by atoms with Gasteiger partial charge < -0.3 is 14.5 Å². The average Bonchev–Trinajstić information content (AvgIpc) is 3.07. The highest BCUT2D eigenvalue weighted by atomic mass is 16.5. The lowest BCUT2D eigenvalue weighted by molar-refractivity contribution is -0.140. The highest BCUT2D eigenvalue weighted by molar-refractivity contribution is 5.84. The summed E-state index contributed by atoms with van der Waals surface area (Å²) in [7, 11) is 0. The largest absolute Gasteiger partial charge is 0.468 e. The van der Waals surface area contributed by atoms with Crippen LogP contribution in [0.5, 0.6) is 0 Å². The van der Waals surface area contributed by atoms with Gasteiger partial charge in [-0.25, -0.2) is 0 Å². The predicted octanol–water partition coefficient (Wildman–Crippen LogP) is 1.79. The Hall–Kier alpha value is -1.33. The summed E-state index contributed by atoms with van der Waals surface area (Å²) >= 11 is 0. The number of likely N-dealkylation sites (tertiary alicyclic amines) is 1. The molecule has 1 aromatic rings. The van der Waals surface area contributed by atoms with Gasteiger partial charge in [0.1, 0.15) is 5.76 Å². The highest BCUT2D eigenvalue weighted by Gasteiger charge is 2.53. The number of amides is 1. The Morgan fingerprint density at radius 3 is 3.14 bits per heavy atom. The first-order valence-electron chi connectivity index (χ1n) is 7.77. The number of nitrogens with one attached hydrogen (secondary N) is 1. The summed E-state index contributed by atoms with van der Waals surface area (Å²) in [5.74, 6) is 1.09. The van der Waals surface area contributed by atoms with Gasteiger partial charge in [-0.1, -0.05) is 0 Å². The molecule has 0 unspecified atom stereocenters. The molecule has 5 nitrogen and oxygen atoms in total. The fourth-order valence-electron chi connectivity index (χ4n) is 3.52. The molecule has 2 fully saturated rings. The van der Waals surface area contributed by atoms with E-state index in [-0.39, 0.29) is 18.1 Å². The van der Waals surface area contributed by atoms with E-state index in [1.54, 1.807) is 6.26 Å². The van der Waals surface area contributed by atoms with Crippen molar-refractivity contribution in [2.24, 2.45) is 5.41 Å². The quantitative estimate of drug-likeness (QED) is 0.919. The van der Waals surface area contributed by atoms with Crippen LogP contribution in [0.3, 0.4) is 0 Å². The van der Waals surface area contributed by atoms with Gasteiger partial charge in [-0.15, -0.1) is 0 Å². The molecular formula is C16H24N2O3. The Kier molecular flexibility index (Phi) is 4.04. The van der Waals surface area contributed by atoms with Gasteiger partial charge in [-0.05, 0) is 38.8 Å². The first kappa shape index (κ1) is 14.6. The number of fused-ring (bicyclic) bond motifs is 1. The number of hydrogen-bond acceptors (Lipinski definition) is 4. The number of ether oxygens (including phenoxy) is 1. The van der Waals surface area contributed by atoms with Crippen LogP contribution < -0.4 is 5.32 Å². The van der Waals surface area contributed by atoms with Crippen molar-refractivity contribution in [3.05, 3.63) is 24.2 Å². The molecule has 1 amide bonds. The molecule has 1 aromatic heterocycles. The SMILES string of the molecule is CC(C)NC(=O)[C@@]12CCO[C@@H]1CCN(Cc1ccco1)C2. The zero-order valence-electron chi connectivity index (χ0n) is 12.8. The number of furan rings is 1. The maximum atomic E-state index is 12.7. The van der Waals surface area contributed by atoms with Crippen LogP contribution in [-0.4, -0.2) is 42.6 Å². The average molecular weight is 292 g/mol. The second-order valence-corrected chi connectivity index (χ2v) is 6.47. The maximum absolute atomic E-state index is 12.7. The Morgan fingerprint density at radius 1 is 1.57 bits per heavy atom. The summed E-state index contributed by atoms with van der Waals surface area (Å²) in [6, 6.07) is 4.05. The number of nitrogens with zero attached hydrogens (tertiary/aromatic N) is 1. The number of hydrogen-bond donors (Lipinski definition) is 1. The van der Waals surface area contributed by atoms with E-state index in [9.17, 15) is 4.79 Å². The Bertz CT molecular complexity index is 486.